The Morgan fingerprint density at radius 3 is 2.33 bits per heavy atom. The fourth-order valence-corrected chi connectivity index (χ4v) is 2.84. The molecule has 24 heavy (non-hydrogen) atoms. The summed E-state index contributed by atoms with van der Waals surface area (Å²) in [7, 11) is 1.95. The minimum Gasteiger partial charge on any atom is -0.294 e. The predicted octanol–water partition coefficient (Wildman–Crippen LogP) is 3.71. The third-order valence-corrected chi connectivity index (χ3v) is 4.20. The van der Waals surface area contributed by atoms with Crippen LogP contribution in [0.2, 0.25) is 5.02 Å². The van der Waals surface area contributed by atoms with Gasteiger partial charge in [-0.2, -0.15) is 5.10 Å². The maximum Gasteiger partial charge on any atom is 0.0534 e. The van der Waals surface area contributed by atoms with Crippen LogP contribution in [0, 0.1) is 0 Å². The van der Waals surface area contributed by atoms with Gasteiger partial charge in [0.2, 0.25) is 0 Å². The van der Waals surface area contributed by atoms with Gasteiger partial charge in [-0.1, -0.05) is 23.7 Å². The Hall–Kier alpha value is -2.17. The molecule has 0 aliphatic carbocycles. The first-order valence-corrected chi connectivity index (χ1v) is 8.40. The van der Waals surface area contributed by atoms with Crippen LogP contribution >= 0.6 is 11.6 Å². The van der Waals surface area contributed by atoms with Crippen molar-refractivity contribution in [3.63, 3.8) is 0 Å². The van der Waals surface area contributed by atoms with Crippen LogP contribution in [0.15, 0.2) is 61.2 Å². The molecule has 0 N–H and O–H groups in total. The van der Waals surface area contributed by atoms with Crippen molar-refractivity contribution in [2.24, 2.45) is 7.05 Å². The van der Waals surface area contributed by atoms with E-state index in [9.17, 15) is 0 Å². The third-order valence-electron chi connectivity index (χ3n) is 3.95. The molecule has 0 aliphatic rings. The van der Waals surface area contributed by atoms with Crippen LogP contribution in [0.3, 0.4) is 0 Å². The van der Waals surface area contributed by atoms with Gasteiger partial charge in [0.1, 0.15) is 0 Å². The van der Waals surface area contributed by atoms with Crippen LogP contribution in [-0.2, 0) is 26.6 Å². The Labute approximate surface area is 147 Å². The van der Waals surface area contributed by atoms with Gasteiger partial charge in [0.05, 0.1) is 6.20 Å². The molecule has 124 valence electrons. The molecule has 0 saturated carbocycles. The summed E-state index contributed by atoms with van der Waals surface area (Å²) in [5, 5.41) is 5.05. The summed E-state index contributed by atoms with van der Waals surface area (Å²) in [5.74, 6) is 0. The van der Waals surface area contributed by atoms with Crippen LogP contribution in [0.1, 0.15) is 16.7 Å². The lowest BCUT2D eigenvalue weighted by Crippen LogP contribution is -2.25. The van der Waals surface area contributed by atoms with E-state index in [4.69, 9.17) is 11.6 Å². The van der Waals surface area contributed by atoms with E-state index < -0.39 is 0 Å². The van der Waals surface area contributed by atoms with E-state index in [0.29, 0.717) is 0 Å². The van der Waals surface area contributed by atoms with Crippen molar-refractivity contribution in [3.8, 4) is 0 Å². The molecule has 3 rings (SSSR count). The van der Waals surface area contributed by atoms with E-state index in [1.807, 2.05) is 42.5 Å². The van der Waals surface area contributed by atoms with Crippen LogP contribution in [0.25, 0.3) is 0 Å². The zero-order valence-corrected chi connectivity index (χ0v) is 14.5. The molecule has 0 atom stereocenters. The van der Waals surface area contributed by atoms with Crippen molar-refractivity contribution in [3.05, 3.63) is 82.9 Å². The largest absolute Gasteiger partial charge is 0.294 e. The smallest absolute Gasteiger partial charge is 0.0534 e. The van der Waals surface area contributed by atoms with Crippen molar-refractivity contribution in [1.82, 2.24) is 19.7 Å². The van der Waals surface area contributed by atoms with Gasteiger partial charge in [0.25, 0.3) is 0 Å². The Kier molecular flexibility index (Phi) is 5.62. The first-order chi connectivity index (χ1) is 11.7. The average molecular weight is 341 g/mol. The SMILES string of the molecule is Cn1cc(CN(CCc2ccc(Cl)cc2)Cc2ccncc2)cn1. The number of aromatic nitrogens is 3. The standard InChI is InChI=1S/C19H21ClN4/c1-23-13-18(12-22-23)15-24(14-17-6-9-21-10-7-17)11-8-16-2-4-19(20)5-3-16/h2-7,9-10,12-13H,8,11,14-15H2,1H3. The second kappa shape index (κ2) is 8.08. The Morgan fingerprint density at radius 1 is 0.958 bits per heavy atom. The number of rotatable bonds is 7. The van der Waals surface area contributed by atoms with Gasteiger partial charge in [-0.15, -0.1) is 0 Å². The molecule has 0 aliphatic heterocycles. The lowest BCUT2D eigenvalue weighted by Gasteiger charge is -2.22. The van der Waals surface area contributed by atoms with Gasteiger partial charge in [-0.05, 0) is 41.8 Å². The second-order valence-corrected chi connectivity index (χ2v) is 6.40. The van der Waals surface area contributed by atoms with Gasteiger partial charge in [-0.25, -0.2) is 0 Å². The van der Waals surface area contributed by atoms with Gasteiger partial charge < -0.3 is 0 Å². The Bertz CT molecular complexity index is 753. The van der Waals surface area contributed by atoms with Crippen LogP contribution in [0.5, 0.6) is 0 Å². The summed E-state index contributed by atoms with van der Waals surface area (Å²) in [4.78, 5) is 6.53. The van der Waals surface area contributed by atoms with E-state index in [-0.39, 0.29) is 0 Å². The molecule has 4 nitrogen and oxygen atoms in total. The van der Waals surface area contributed by atoms with Crippen molar-refractivity contribution in [2.75, 3.05) is 6.54 Å². The molecule has 5 heteroatoms. The first-order valence-electron chi connectivity index (χ1n) is 8.02. The van der Waals surface area contributed by atoms with E-state index in [0.717, 1.165) is 31.1 Å². The fourth-order valence-electron chi connectivity index (χ4n) is 2.71. The van der Waals surface area contributed by atoms with Crippen molar-refractivity contribution in [1.29, 1.82) is 0 Å². The van der Waals surface area contributed by atoms with Crippen molar-refractivity contribution in [2.45, 2.75) is 19.5 Å². The molecule has 2 aromatic heterocycles. The summed E-state index contributed by atoms with van der Waals surface area (Å²) < 4.78 is 1.85. The molecule has 1 aromatic carbocycles. The van der Waals surface area contributed by atoms with Crippen LogP contribution in [-0.4, -0.2) is 26.2 Å². The summed E-state index contributed by atoms with van der Waals surface area (Å²) in [6.45, 7) is 2.74. The maximum absolute atomic E-state index is 5.97. The molecule has 3 aromatic rings. The topological polar surface area (TPSA) is 34.0 Å². The van der Waals surface area contributed by atoms with Crippen molar-refractivity contribution >= 4 is 11.6 Å². The summed E-state index contributed by atoms with van der Waals surface area (Å²) in [6.07, 6.45) is 8.68. The summed E-state index contributed by atoms with van der Waals surface area (Å²) >= 11 is 5.97. The van der Waals surface area contributed by atoms with Gasteiger partial charge in [-0.3, -0.25) is 14.6 Å². The maximum atomic E-state index is 5.97. The van der Waals surface area contributed by atoms with E-state index in [1.165, 1.54) is 16.7 Å². The molecular weight excluding hydrogens is 320 g/mol. The monoisotopic (exact) mass is 340 g/mol. The summed E-state index contributed by atoms with van der Waals surface area (Å²) in [6, 6.07) is 12.2. The summed E-state index contributed by atoms with van der Waals surface area (Å²) in [5.41, 5.74) is 3.79. The van der Waals surface area contributed by atoms with Gasteiger partial charge in [0, 0.05) is 55.9 Å². The zero-order valence-electron chi connectivity index (χ0n) is 13.8. The number of hydrogen-bond acceptors (Lipinski definition) is 3. The molecule has 0 saturated heterocycles. The van der Waals surface area contributed by atoms with E-state index >= 15 is 0 Å². The minimum atomic E-state index is 0.780. The van der Waals surface area contributed by atoms with E-state index in [1.54, 1.807) is 0 Å². The number of halogens is 1. The molecule has 0 bridgehead atoms. The molecule has 0 spiro atoms. The fraction of sp³-hybridized carbons (Fsp3) is 0.263. The normalized spacial score (nSPS) is 11.1. The molecular formula is C19H21ClN4. The van der Waals surface area contributed by atoms with Gasteiger partial charge in [0.15, 0.2) is 0 Å². The number of aryl methyl sites for hydroxylation is 1. The van der Waals surface area contributed by atoms with Crippen molar-refractivity contribution < 1.29 is 0 Å². The number of hydrogen-bond donors (Lipinski definition) is 0. The quantitative estimate of drug-likeness (QED) is 0.657. The highest BCUT2D eigenvalue weighted by Gasteiger charge is 2.09. The molecule has 0 unspecified atom stereocenters. The van der Waals surface area contributed by atoms with E-state index in [2.05, 4.69) is 45.4 Å². The third kappa shape index (κ3) is 4.91. The highest BCUT2D eigenvalue weighted by atomic mass is 35.5. The van der Waals surface area contributed by atoms with Gasteiger partial charge >= 0.3 is 0 Å². The predicted molar refractivity (Wildman–Crippen MR) is 96.7 cm³/mol. The molecule has 0 radical (unpaired) electrons. The Balaban J connectivity index is 1.67. The van der Waals surface area contributed by atoms with Crippen LogP contribution in [0.4, 0.5) is 0 Å². The van der Waals surface area contributed by atoms with Crippen LogP contribution < -0.4 is 0 Å². The number of benzene rings is 1. The Morgan fingerprint density at radius 2 is 1.67 bits per heavy atom. The lowest BCUT2D eigenvalue weighted by atomic mass is 10.1. The highest BCUT2D eigenvalue weighted by molar-refractivity contribution is 6.30. The number of pyridine rings is 1. The molecule has 0 amide bonds. The zero-order chi connectivity index (χ0) is 16.8. The number of nitrogens with zero attached hydrogens (tertiary/aromatic N) is 4. The first kappa shape index (κ1) is 16.7. The molecule has 2 heterocycles. The minimum absolute atomic E-state index is 0.780. The molecule has 0 fully saturated rings. The highest BCUT2D eigenvalue weighted by Crippen LogP contribution is 2.13. The lowest BCUT2D eigenvalue weighted by molar-refractivity contribution is 0.260. The average Bonchev–Trinajstić information content (AvgIpc) is 3.00. The second-order valence-electron chi connectivity index (χ2n) is 5.96.